The predicted molar refractivity (Wildman–Crippen MR) is 80.1 cm³/mol. The Bertz CT molecular complexity index is 549. The lowest BCUT2D eigenvalue weighted by atomic mass is 9.87. The van der Waals surface area contributed by atoms with E-state index in [1.807, 2.05) is 0 Å². The molecule has 1 saturated heterocycles. The second-order valence-corrected chi connectivity index (χ2v) is 7.49. The molecule has 0 saturated carbocycles. The zero-order valence-corrected chi connectivity index (χ0v) is 13.2. The molecule has 0 amide bonds. The molecule has 1 N–H and O–H groups in total. The van der Waals surface area contributed by atoms with Crippen LogP contribution in [-0.4, -0.2) is 37.8 Å². The van der Waals surface area contributed by atoms with E-state index >= 15 is 0 Å². The first kappa shape index (κ1) is 15.3. The van der Waals surface area contributed by atoms with Crippen molar-refractivity contribution >= 4 is 15.8 Å². The minimum Gasteiger partial charge on any atom is -0.372 e. The van der Waals surface area contributed by atoms with E-state index in [0.29, 0.717) is 30.7 Å². The highest BCUT2D eigenvalue weighted by atomic mass is 32.2. The third kappa shape index (κ3) is 2.96. The largest absolute Gasteiger partial charge is 0.372 e. The summed E-state index contributed by atoms with van der Waals surface area (Å²) in [7, 11) is -1.76. The van der Waals surface area contributed by atoms with E-state index < -0.39 is 10.0 Å². The summed E-state index contributed by atoms with van der Waals surface area (Å²) in [6, 6.07) is 3.28. The summed E-state index contributed by atoms with van der Waals surface area (Å²) >= 11 is 0. The molecule has 1 aromatic heterocycles. The van der Waals surface area contributed by atoms with Crippen molar-refractivity contribution in [3.63, 3.8) is 0 Å². The molecular weight excluding hydrogens is 274 g/mol. The first-order valence-corrected chi connectivity index (χ1v) is 8.53. The normalized spacial score (nSPS) is 18.4. The monoisotopic (exact) mass is 297 g/mol. The van der Waals surface area contributed by atoms with Crippen LogP contribution in [0.25, 0.3) is 0 Å². The highest BCUT2D eigenvalue weighted by Gasteiger charge is 2.31. The van der Waals surface area contributed by atoms with Crippen LogP contribution in [0.5, 0.6) is 0 Å². The van der Waals surface area contributed by atoms with Crippen LogP contribution in [0.4, 0.5) is 5.82 Å². The minimum atomic E-state index is -3.45. The van der Waals surface area contributed by atoms with Crippen LogP contribution >= 0.6 is 0 Å². The third-order valence-electron chi connectivity index (χ3n) is 4.07. The van der Waals surface area contributed by atoms with Crippen molar-refractivity contribution in [2.45, 2.75) is 31.6 Å². The molecule has 112 valence electrons. The summed E-state index contributed by atoms with van der Waals surface area (Å²) in [6.07, 6.45) is 3.47. The number of hydrogen-bond acceptors (Lipinski definition) is 4. The molecule has 0 atom stereocenters. The van der Waals surface area contributed by atoms with Gasteiger partial charge in [-0.25, -0.2) is 13.4 Å². The maximum absolute atomic E-state index is 12.7. The lowest BCUT2D eigenvalue weighted by Gasteiger charge is -2.33. The molecule has 5 nitrogen and oxygen atoms in total. The lowest BCUT2D eigenvalue weighted by Crippen LogP contribution is -2.39. The van der Waals surface area contributed by atoms with Crippen LogP contribution in [0, 0.1) is 11.8 Å². The smallest absolute Gasteiger partial charge is 0.246 e. The van der Waals surface area contributed by atoms with Gasteiger partial charge in [-0.1, -0.05) is 13.8 Å². The minimum absolute atomic E-state index is 0.269. The van der Waals surface area contributed by atoms with Gasteiger partial charge in [0, 0.05) is 26.3 Å². The Morgan fingerprint density at radius 2 is 2.00 bits per heavy atom. The molecule has 1 aromatic rings. The molecule has 0 aliphatic carbocycles. The summed E-state index contributed by atoms with van der Waals surface area (Å²) in [5.41, 5.74) is 0. The van der Waals surface area contributed by atoms with E-state index in [1.165, 1.54) is 0 Å². The van der Waals surface area contributed by atoms with Crippen LogP contribution in [0.1, 0.15) is 26.7 Å². The van der Waals surface area contributed by atoms with Crippen molar-refractivity contribution in [1.29, 1.82) is 0 Å². The topological polar surface area (TPSA) is 62.3 Å². The first-order chi connectivity index (χ1) is 9.46. The number of hydrogen-bond donors (Lipinski definition) is 1. The van der Waals surface area contributed by atoms with Crippen LogP contribution in [0.15, 0.2) is 23.2 Å². The van der Waals surface area contributed by atoms with Crippen LogP contribution in [0.2, 0.25) is 0 Å². The van der Waals surface area contributed by atoms with Gasteiger partial charge in [-0.2, -0.15) is 4.31 Å². The maximum atomic E-state index is 12.7. The Balaban J connectivity index is 2.20. The lowest BCUT2D eigenvalue weighted by molar-refractivity contribution is 0.226. The molecule has 1 aliphatic rings. The number of aromatic nitrogens is 1. The standard InChI is InChI=1S/C14H23N3O2S/c1-11(2)12-6-9-17(10-7-12)20(18,19)13-5-4-8-16-14(13)15-3/h4-5,8,11-12H,6-7,9-10H2,1-3H3,(H,15,16). The van der Waals surface area contributed by atoms with Crippen LogP contribution in [0.3, 0.4) is 0 Å². The third-order valence-corrected chi connectivity index (χ3v) is 6.00. The van der Waals surface area contributed by atoms with Crippen LogP contribution in [-0.2, 0) is 10.0 Å². The van der Waals surface area contributed by atoms with E-state index in [1.54, 1.807) is 29.7 Å². The number of nitrogens with zero attached hydrogens (tertiary/aromatic N) is 2. The van der Waals surface area contributed by atoms with Crippen molar-refractivity contribution in [1.82, 2.24) is 9.29 Å². The first-order valence-electron chi connectivity index (χ1n) is 7.09. The van der Waals surface area contributed by atoms with Crippen molar-refractivity contribution in [2.24, 2.45) is 11.8 Å². The zero-order valence-electron chi connectivity index (χ0n) is 12.3. The second-order valence-electron chi connectivity index (χ2n) is 5.59. The Hall–Kier alpha value is -1.14. The number of nitrogens with one attached hydrogen (secondary N) is 1. The van der Waals surface area contributed by atoms with Gasteiger partial charge in [0.05, 0.1) is 0 Å². The van der Waals surface area contributed by atoms with Crippen LogP contribution < -0.4 is 5.32 Å². The fraction of sp³-hybridized carbons (Fsp3) is 0.643. The number of pyridine rings is 1. The Kier molecular flexibility index (Phi) is 4.65. The van der Waals surface area contributed by atoms with E-state index in [9.17, 15) is 8.42 Å². The average molecular weight is 297 g/mol. The summed E-state index contributed by atoms with van der Waals surface area (Å²) in [6.45, 7) is 5.61. The molecule has 0 unspecified atom stereocenters. The molecule has 1 fully saturated rings. The van der Waals surface area contributed by atoms with Gasteiger partial charge in [0.2, 0.25) is 10.0 Å². The molecule has 2 heterocycles. The maximum Gasteiger partial charge on any atom is 0.246 e. The van der Waals surface area contributed by atoms with Gasteiger partial charge in [0.15, 0.2) is 0 Å². The van der Waals surface area contributed by atoms with E-state index in [-0.39, 0.29) is 4.90 Å². The molecule has 0 aromatic carbocycles. The fourth-order valence-corrected chi connectivity index (χ4v) is 4.33. The molecule has 6 heteroatoms. The van der Waals surface area contributed by atoms with Gasteiger partial charge >= 0.3 is 0 Å². The zero-order chi connectivity index (χ0) is 14.8. The summed E-state index contributed by atoms with van der Waals surface area (Å²) in [5, 5.41) is 2.85. The fourth-order valence-electron chi connectivity index (χ4n) is 2.71. The Morgan fingerprint density at radius 3 is 2.55 bits per heavy atom. The number of rotatable bonds is 4. The molecule has 0 radical (unpaired) electrons. The van der Waals surface area contributed by atoms with Crippen molar-refractivity contribution < 1.29 is 8.42 Å². The molecule has 1 aliphatic heterocycles. The van der Waals surface area contributed by atoms with Crippen molar-refractivity contribution in [2.75, 3.05) is 25.5 Å². The Morgan fingerprint density at radius 1 is 1.35 bits per heavy atom. The molecule has 0 spiro atoms. The molecule has 2 rings (SSSR count). The van der Waals surface area contributed by atoms with Gasteiger partial charge in [-0.3, -0.25) is 0 Å². The van der Waals surface area contributed by atoms with Crippen molar-refractivity contribution in [3.8, 4) is 0 Å². The second kappa shape index (κ2) is 6.10. The van der Waals surface area contributed by atoms with Gasteiger partial charge in [0.1, 0.15) is 10.7 Å². The quantitative estimate of drug-likeness (QED) is 0.925. The molecule has 20 heavy (non-hydrogen) atoms. The number of piperidine rings is 1. The van der Waals surface area contributed by atoms with Gasteiger partial charge in [0.25, 0.3) is 0 Å². The Labute approximate surface area is 121 Å². The van der Waals surface area contributed by atoms with E-state index in [4.69, 9.17) is 0 Å². The summed E-state index contributed by atoms with van der Waals surface area (Å²) in [5.74, 6) is 1.66. The van der Waals surface area contributed by atoms with Crippen molar-refractivity contribution in [3.05, 3.63) is 18.3 Å². The van der Waals surface area contributed by atoms with Gasteiger partial charge in [-0.15, -0.1) is 0 Å². The van der Waals surface area contributed by atoms with E-state index in [2.05, 4.69) is 24.1 Å². The average Bonchev–Trinajstić information content (AvgIpc) is 2.47. The summed E-state index contributed by atoms with van der Waals surface area (Å²) in [4.78, 5) is 4.35. The molecule has 0 bridgehead atoms. The highest BCUT2D eigenvalue weighted by Crippen LogP contribution is 2.29. The molecular formula is C14H23N3O2S. The summed E-state index contributed by atoms with van der Waals surface area (Å²) < 4.78 is 27.0. The number of sulfonamides is 1. The predicted octanol–water partition coefficient (Wildman–Crippen LogP) is 2.18. The van der Waals surface area contributed by atoms with Gasteiger partial charge < -0.3 is 5.32 Å². The number of anilines is 1. The SMILES string of the molecule is CNc1ncccc1S(=O)(=O)N1CCC(C(C)C)CC1. The highest BCUT2D eigenvalue weighted by molar-refractivity contribution is 7.89. The van der Waals surface area contributed by atoms with E-state index in [0.717, 1.165) is 12.8 Å². The van der Waals surface area contributed by atoms with Gasteiger partial charge in [-0.05, 0) is 36.8 Å².